The highest BCUT2D eigenvalue weighted by Crippen LogP contribution is 2.38. The van der Waals surface area contributed by atoms with Crippen molar-refractivity contribution in [3.8, 4) is 0 Å². The smallest absolute Gasteiger partial charge is 0.329 e. The first-order valence-corrected chi connectivity index (χ1v) is 14.6. The summed E-state index contributed by atoms with van der Waals surface area (Å²) < 4.78 is 0. The van der Waals surface area contributed by atoms with E-state index in [0.717, 1.165) is 16.7 Å². The van der Waals surface area contributed by atoms with Crippen molar-refractivity contribution in [2.24, 2.45) is 5.92 Å². The van der Waals surface area contributed by atoms with Crippen LogP contribution in [0.4, 0.5) is 16.2 Å². The van der Waals surface area contributed by atoms with Gasteiger partial charge in [0.2, 0.25) is 5.91 Å². The van der Waals surface area contributed by atoms with E-state index in [-0.39, 0.29) is 43.7 Å². The van der Waals surface area contributed by atoms with E-state index in [0.29, 0.717) is 23.4 Å². The summed E-state index contributed by atoms with van der Waals surface area (Å²) in [4.78, 5) is 58.7. The van der Waals surface area contributed by atoms with Crippen LogP contribution < -0.4 is 4.90 Å². The Balaban J connectivity index is 1.32. The van der Waals surface area contributed by atoms with Gasteiger partial charge in [-0.25, -0.2) is 9.59 Å². The number of para-hydroxylation sites is 2. The number of aliphatic carboxylic acids is 1. The normalized spacial score (nSPS) is 20.4. The summed E-state index contributed by atoms with van der Waals surface area (Å²) in [6.45, 7) is 2.14. The van der Waals surface area contributed by atoms with Crippen LogP contribution in [0.1, 0.15) is 40.7 Å². The maximum atomic E-state index is 14.3. The number of fused-ring (bicyclic) bond motifs is 2. The molecule has 218 valence electrons. The zero-order valence-corrected chi connectivity index (χ0v) is 23.9. The standard InChI is InChI=1S/C35H33N3O5/c1-23-10-9-14-26(20-23)32(24-11-3-2-4-12-24)33(40)37-19-18-36(22-30(37)34(41)42)35(43)38-28-16-7-5-13-25(28)21-31(39)27-15-6-8-17-29(27)38/h2-17,23,30,32H,18-22H2,1H3,(H,41,42)/t23?,30-,32?/m0/s1. The van der Waals surface area contributed by atoms with Gasteiger partial charge in [-0.3, -0.25) is 14.5 Å². The number of amides is 3. The highest BCUT2D eigenvalue weighted by Gasteiger charge is 2.42. The summed E-state index contributed by atoms with van der Waals surface area (Å²) in [5.41, 5.74) is 3.96. The molecule has 8 heteroatoms. The topological polar surface area (TPSA) is 98.2 Å². The number of hydrogen-bond donors (Lipinski definition) is 1. The predicted octanol–water partition coefficient (Wildman–Crippen LogP) is 5.59. The third-order valence-corrected chi connectivity index (χ3v) is 8.50. The summed E-state index contributed by atoms with van der Waals surface area (Å²) >= 11 is 0. The first-order chi connectivity index (χ1) is 20.8. The van der Waals surface area contributed by atoms with Crippen molar-refractivity contribution >= 4 is 35.1 Å². The number of nitrogens with zero attached hydrogens (tertiary/aromatic N) is 3. The van der Waals surface area contributed by atoms with Gasteiger partial charge in [0.25, 0.3) is 0 Å². The average Bonchev–Trinajstić information content (AvgIpc) is 3.14. The minimum Gasteiger partial charge on any atom is -0.480 e. The Bertz CT molecular complexity index is 1650. The number of anilines is 2. The molecule has 1 saturated heterocycles. The van der Waals surface area contributed by atoms with Gasteiger partial charge in [0.05, 0.1) is 23.8 Å². The van der Waals surface area contributed by atoms with Gasteiger partial charge in [0.1, 0.15) is 6.04 Å². The molecule has 43 heavy (non-hydrogen) atoms. The molecule has 0 saturated carbocycles. The number of carboxylic acid groups (broad SMARTS) is 1. The van der Waals surface area contributed by atoms with Crippen molar-refractivity contribution in [3.63, 3.8) is 0 Å². The van der Waals surface area contributed by atoms with Crippen LogP contribution in [0.15, 0.2) is 103 Å². The number of carbonyl (C=O) groups excluding carboxylic acids is 3. The fourth-order valence-electron chi connectivity index (χ4n) is 6.38. The Morgan fingerprint density at radius 3 is 2.33 bits per heavy atom. The number of rotatable bonds is 4. The fraction of sp³-hybridized carbons (Fsp3) is 0.257. The zero-order chi connectivity index (χ0) is 30.1. The lowest BCUT2D eigenvalue weighted by molar-refractivity contribution is -0.153. The molecule has 0 radical (unpaired) electrons. The average molecular weight is 576 g/mol. The van der Waals surface area contributed by atoms with Gasteiger partial charge in [0.15, 0.2) is 5.78 Å². The molecule has 2 unspecified atom stereocenters. The number of carboxylic acids is 1. The molecule has 3 aromatic rings. The van der Waals surface area contributed by atoms with E-state index in [9.17, 15) is 24.3 Å². The van der Waals surface area contributed by atoms with Crippen LogP contribution in [0, 0.1) is 5.92 Å². The van der Waals surface area contributed by atoms with Crippen LogP contribution in [-0.2, 0) is 16.0 Å². The van der Waals surface area contributed by atoms with Crippen molar-refractivity contribution in [1.82, 2.24) is 9.80 Å². The number of allylic oxidation sites excluding steroid dienone is 3. The van der Waals surface area contributed by atoms with E-state index in [2.05, 4.69) is 13.0 Å². The Labute approximate surface area is 250 Å². The maximum Gasteiger partial charge on any atom is 0.329 e. The lowest BCUT2D eigenvalue weighted by atomic mass is 9.82. The van der Waals surface area contributed by atoms with E-state index >= 15 is 0 Å². The monoisotopic (exact) mass is 575 g/mol. The van der Waals surface area contributed by atoms with Crippen molar-refractivity contribution in [2.75, 3.05) is 24.5 Å². The van der Waals surface area contributed by atoms with E-state index in [4.69, 9.17) is 0 Å². The molecule has 2 heterocycles. The number of benzene rings is 3. The van der Waals surface area contributed by atoms with E-state index in [1.54, 1.807) is 30.3 Å². The summed E-state index contributed by atoms with van der Waals surface area (Å²) in [7, 11) is 0. The SMILES string of the molecule is CC1C=CC=C(C(C(=O)N2CCN(C(=O)N3c4ccccc4CC(=O)c4ccccc43)C[C@H]2C(=O)O)c2ccccc2)C1. The molecular weight excluding hydrogens is 542 g/mol. The summed E-state index contributed by atoms with van der Waals surface area (Å²) in [6.07, 6.45) is 6.86. The van der Waals surface area contributed by atoms with Gasteiger partial charge in [-0.05, 0) is 41.7 Å². The molecule has 0 spiro atoms. The maximum absolute atomic E-state index is 14.3. The fourth-order valence-corrected chi connectivity index (χ4v) is 6.38. The summed E-state index contributed by atoms with van der Waals surface area (Å²) in [5.74, 6) is -1.90. The third-order valence-electron chi connectivity index (χ3n) is 8.50. The molecule has 3 atom stereocenters. The quantitative estimate of drug-likeness (QED) is 0.438. The van der Waals surface area contributed by atoms with Gasteiger partial charge in [-0.15, -0.1) is 0 Å². The zero-order valence-electron chi connectivity index (χ0n) is 23.9. The van der Waals surface area contributed by atoms with Crippen LogP contribution >= 0.6 is 0 Å². The Hall–Kier alpha value is -4.98. The van der Waals surface area contributed by atoms with Crippen molar-refractivity contribution in [1.29, 1.82) is 0 Å². The largest absolute Gasteiger partial charge is 0.480 e. The molecule has 3 aromatic carbocycles. The van der Waals surface area contributed by atoms with Gasteiger partial charge < -0.3 is 14.9 Å². The van der Waals surface area contributed by atoms with Crippen LogP contribution in [-0.4, -0.2) is 64.3 Å². The predicted molar refractivity (Wildman–Crippen MR) is 163 cm³/mol. The van der Waals surface area contributed by atoms with Crippen molar-refractivity contribution < 1.29 is 24.3 Å². The van der Waals surface area contributed by atoms with Crippen LogP contribution in [0.2, 0.25) is 0 Å². The second kappa shape index (κ2) is 11.7. The molecule has 3 aliphatic rings. The molecular formula is C35H33N3O5. The third kappa shape index (κ3) is 5.36. The second-order valence-electron chi connectivity index (χ2n) is 11.3. The van der Waals surface area contributed by atoms with Gasteiger partial charge in [-0.1, -0.05) is 91.4 Å². The molecule has 3 amide bonds. The summed E-state index contributed by atoms with van der Waals surface area (Å²) in [5, 5.41) is 10.4. The lowest BCUT2D eigenvalue weighted by Gasteiger charge is -2.42. The number of urea groups is 1. The molecule has 6 rings (SSSR count). The van der Waals surface area contributed by atoms with Gasteiger partial charge in [0, 0.05) is 25.1 Å². The number of piperazine rings is 1. The van der Waals surface area contributed by atoms with E-state index in [1.165, 1.54) is 14.7 Å². The van der Waals surface area contributed by atoms with E-state index < -0.39 is 24.0 Å². The molecule has 0 aromatic heterocycles. The number of carbonyl (C=O) groups is 4. The van der Waals surface area contributed by atoms with Crippen LogP contribution in [0.3, 0.4) is 0 Å². The number of ketones is 1. The van der Waals surface area contributed by atoms with Gasteiger partial charge in [-0.2, -0.15) is 0 Å². The molecule has 2 aliphatic heterocycles. The highest BCUT2D eigenvalue weighted by molar-refractivity contribution is 6.12. The summed E-state index contributed by atoms with van der Waals surface area (Å²) in [6, 6.07) is 22.0. The molecule has 1 N–H and O–H groups in total. The Morgan fingerprint density at radius 1 is 0.884 bits per heavy atom. The molecule has 8 nitrogen and oxygen atoms in total. The Kier molecular flexibility index (Phi) is 7.67. The first kappa shape index (κ1) is 28.2. The van der Waals surface area contributed by atoms with Crippen LogP contribution in [0.25, 0.3) is 0 Å². The van der Waals surface area contributed by atoms with Gasteiger partial charge >= 0.3 is 12.0 Å². The number of Topliss-reactive ketones (excluding diaryl/α,β-unsaturated/α-hetero) is 1. The van der Waals surface area contributed by atoms with Crippen molar-refractivity contribution in [2.45, 2.75) is 31.7 Å². The minimum absolute atomic E-state index is 0.0691. The number of hydrogen-bond acceptors (Lipinski definition) is 4. The van der Waals surface area contributed by atoms with E-state index in [1.807, 2.05) is 60.7 Å². The molecule has 1 fully saturated rings. The molecule has 0 bridgehead atoms. The lowest BCUT2D eigenvalue weighted by Crippen LogP contribution is -2.61. The Morgan fingerprint density at radius 2 is 1.58 bits per heavy atom. The second-order valence-corrected chi connectivity index (χ2v) is 11.3. The van der Waals surface area contributed by atoms with Crippen LogP contribution in [0.5, 0.6) is 0 Å². The minimum atomic E-state index is -1.23. The highest BCUT2D eigenvalue weighted by atomic mass is 16.4. The first-order valence-electron chi connectivity index (χ1n) is 14.6. The van der Waals surface area contributed by atoms with Crippen molar-refractivity contribution in [3.05, 3.63) is 119 Å². The molecule has 1 aliphatic carbocycles.